The van der Waals surface area contributed by atoms with Gasteiger partial charge in [0, 0.05) is 33.4 Å². The standard InChI is InChI=1S/C56H51N3/c1-5-6-22-49(56-58-54(46-30-17-10-18-31-46)51-36-35-44-27-19-20-34-50(44)55(51)59-56)37-39(2)47-32-21-33-48(38-47)53(41(4)43-25-13-8-14-26-43)57-52(45-28-15-9-16-29-45)40(3)42-23-11-7-12-24-42/h8-11,13-21,23,25-38,42H,2-3,5-7,12,22,24H2,1,4H3/b49-37+,53-41+,57-52+. The highest BCUT2D eigenvalue weighted by Gasteiger charge is 2.21. The van der Waals surface area contributed by atoms with Gasteiger partial charge in [-0.25, -0.2) is 15.0 Å². The van der Waals surface area contributed by atoms with E-state index in [1.165, 1.54) is 0 Å². The summed E-state index contributed by atoms with van der Waals surface area (Å²) in [4.78, 5) is 16.3. The molecule has 6 aromatic carbocycles. The van der Waals surface area contributed by atoms with Gasteiger partial charge in [0.15, 0.2) is 5.82 Å². The average molecular weight is 766 g/mol. The summed E-state index contributed by atoms with van der Waals surface area (Å²) >= 11 is 0. The maximum atomic E-state index is 5.61. The van der Waals surface area contributed by atoms with Crippen LogP contribution in [0.4, 0.5) is 0 Å². The highest BCUT2D eigenvalue weighted by molar-refractivity contribution is 6.16. The van der Waals surface area contributed by atoms with Gasteiger partial charge in [-0.1, -0.05) is 178 Å². The Morgan fingerprint density at radius 3 is 2.12 bits per heavy atom. The summed E-state index contributed by atoms with van der Waals surface area (Å²) in [5.74, 6) is 0.989. The summed E-state index contributed by atoms with van der Waals surface area (Å²) in [6.07, 6.45) is 13.1. The topological polar surface area (TPSA) is 38.1 Å². The second-order valence-corrected chi connectivity index (χ2v) is 15.5. The summed E-state index contributed by atoms with van der Waals surface area (Å²) in [6, 6.07) is 53.0. The van der Waals surface area contributed by atoms with Crippen LogP contribution >= 0.6 is 0 Å². The van der Waals surface area contributed by atoms with Crippen molar-refractivity contribution in [2.45, 2.75) is 52.4 Å². The number of rotatable bonds is 13. The smallest absolute Gasteiger partial charge is 0.156 e. The molecule has 3 heteroatoms. The first kappa shape index (κ1) is 39.1. The van der Waals surface area contributed by atoms with E-state index < -0.39 is 0 Å². The Morgan fingerprint density at radius 2 is 1.39 bits per heavy atom. The van der Waals surface area contributed by atoms with Crippen LogP contribution in [0.1, 0.15) is 80.5 Å². The third-order valence-corrected chi connectivity index (χ3v) is 11.4. The van der Waals surface area contributed by atoms with Gasteiger partial charge in [0.05, 0.1) is 22.6 Å². The van der Waals surface area contributed by atoms with E-state index in [0.717, 1.165) is 133 Å². The number of unbranched alkanes of at least 4 members (excludes halogenated alkanes) is 1. The highest BCUT2D eigenvalue weighted by atomic mass is 14.9. The molecule has 0 amide bonds. The quantitative estimate of drug-likeness (QED) is 0.0385. The van der Waals surface area contributed by atoms with E-state index in [1.54, 1.807) is 0 Å². The van der Waals surface area contributed by atoms with Gasteiger partial charge in [-0.2, -0.15) is 0 Å². The zero-order chi connectivity index (χ0) is 40.6. The van der Waals surface area contributed by atoms with Crippen LogP contribution in [-0.2, 0) is 0 Å². The van der Waals surface area contributed by atoms with E-state index in [2.05, 4.69) is 191 Å². The second-order valence-electron chi connectivity index (χ2n) is 15.5. The van der Waals surface area contributed by atoms with Crippen molar-refractivity contribution in [1.29, 1.82) is 0 Å². The van der Waals surface area contributed by atoms with Crippen LogP contribution < -0.4 is 0 Å². The number of fused-ring (bicyclic) bond motifs is 3. The number of allylic oxidation sites excluding steroid dienone is 7. The van der Waals surface area contributed by atoms with Gasteiger partial charge in [0.1, 0.15) is 0 Å². The lowest BCUT2D eigenvalue weighted by molar-refractivity contribution is 0.620. The lowest BCUT2D eigenvalue weighted by atomic mass is 9.85. The molecule has 1 unspecified atom stereocenters. The fraction of sp³-hybridized carbons (Fsp3) is 0.161. The fourth-order valence-electron chi connectivity index (χ4n) is 8.10. The first-order chi connectivity index (χ1) is 29.0. The number of benzene rings is 6. The van der Waals surface area contributed by atoms with Gasteiger partial charge in [-0.15, -0.1) is 0 Å². The van der Waals surface area contributed by atoms with E-state index in [0.29, 0.717) is 0 Å². The molecule has 0 saturated carbocycles. The Kier molecular flexibility index (Phi) is 12.1. The summed E-state index contributed by atoms with van der Waals surface area (Å²) in [5.41, 5.74) is 13.2. The second kappa shape index (κ2) is 18.3. The molecule has 1 aliphatic rings. The molecular weight excluding hydrogens is 715 g/mol. The number of aromatic nitrogens is 2. The van der Waals surface area contributed by atoms with Crippen LogP contribution in [0.15, 0.2) is 194 Å². The Morgan fingerprint density at radius 1 is 0.712 bits per heavy atom. The molecule has 59 heavy (non-hydrogen) atoms. The monoisotopic (exact) mass is 765 g/mol. The Hall–Kier alpha value is -6.71. The molecule has 0 bridgehead atoms. The summed E-state index contributed by atoms with van der Waals surface area (Å²) < 4.78 is 0. The molecule has 1 aliphatic carbocycles. The molecule has 0 fully saturated rings. The molecule has 1 heterocycles. The zero-order valence-electron chi connectivity index (χ0n) is 34.2. The molecule has 0 saturated heterocycles. The van der Waals surface area contributed by atoms with Crippen molar-refractivity contribution in [3.63, 3.8) is 0 Å². The van der Waals surface area contributed by atoms with Gasteiger partial charge in [-0.05, 0) is 96.0 Å². The molecule has 0 N–H and O–H groups in total. The first-order valence-electron chi connectivity index (χ1n) is 21.0. The largest absolute Gasteiger partial charge is 0.247 e. The van der Waals surface area contributed by atoms with E-state index in [9.17, 15) is 0 Å². The number of nitrogens with zero attached hydrogens (tertiary/aromatic N) is 3. The molecular formula is C56H51N3. The number of hydrogen-bond acceptors (Lipinski definition) is 3. The molecule has 7 aromatic rings. The maximum Gasteiger partial charge on any atom is 0.156 e. The molecule has 3 nitrogen and oxygen atoms in total. The Bertz CT molecular complexity index is 2750. The van der Waals surface area contributed by atoms with Crippen LogP contribution in [0.25, 0.3) is 55.3 Å². The van der Waals surface area contributed by atoms with E-state index >= 15 is 0 Å². The highest BCUT2D eigenvalue weighted by Crippen LogP contribution is 2.36. The van der Waals surface area contributed by atoms with Crippen LogP contribution in [0, 0.1) is 5.92 Å². The number of aliphatic imine (C=N–C) groups is 1. The third-order valence-electron chi connectivity index (χ3n) is 11.4. The van der Waals surface area contributed by atoms with Gasteiger partial charge >= 0.3 is 0 Å². The Balaban J connectivity index is 1.26. The minimum Gasteiger partial charge on any atom is -0.247 e. The third kappa shape index (κ3) is 8.76. The van der Waals surface area contributed by atoms with Crippen molar-refractivity contribution < 1.29 is 0 Å². The lowest BCUT2D eigenvalue weighted by Crippen LogP contribution is -2.14. The molecule has 1 atom stereocenters. The molecule has 1 aromatic heterocycles. The van der Waals surface area contributed by atoms with Crippen molar-refractivity contribution in [3.05, 3.63) is 217 Å². The minimum atomic E-state index is 0.247. The van der Waals surface area contributed by atoms with Crippen molar-refractivity contribution in [2.75, 3.05) is 0 Å². The van der Waals surface area contributed by atoms with Crippen LogP contribution in [-0.4, -0.2) is 15.7 Å². The van der Waals surface area contributed by atoms with Crippen LogP contribution in [0.5, 0.6) is 0 Å². The van der Waals surface area contributed by atoms with Gasteiger partial charge in [0.2, 0.25) is 0 Å². The molecule has 8 rings (SSSR count). The maximum absolute atomic E-state index is 5.61. The zero-order valence-corrected chi connectivity index (χ0v) is 34.2. The van der Waals surface area contributed by atoms with Gasteiger partial charge in [0.25, 0.3) is 0 Å². The molecule has 290 valence electrons. The van der Waals surface area contributed by atoms with Crippen molar-refractivity contribution in [2.24, 2.45) is 10.9 Å². The van der Waals surface area contributed by atoms with Crippen LogP contribution in [0.2, 0.25) is 0 Å². The van der Waals surface area contributed by atoms with Crippen LogP contribution in [0.3, 0.4) is 0 Å². The predicted molar refractivity (Wildman–Crippen MR) is 253 cm³/mol. The van der Waals surface area contributed by atoms with Gasteiger partial charge in [-0.3, -0.25) is 0 Å². The van der Waals surface area contributed by atoms with Crippen molar-refractivity contribution >= 4 is 49.8 Å². The average Bonchev–Trinajstić information content (AvgIpc) is 3.31. The van der Waals surface area contributed by atoms with E-state index in [1.807, 2.05) is 6.07 Å². The number of hydrogen-bond donors (Lipinski definition) is 0. The normalized spacial score (nSPS) is 15.0. The summed E-state index contributed by atoms with van der Waals surface area (Å²) in [5, 5.41) is 3.33. The van der Waals surface area contributed by atoms with E-state index in [4.69, 9.17) is 15.0 Å². The first-order valence-corrected chi connectivity index (χ1v) is 21.0. The van der Waals surface area contributed by atoms with E-state index in [-0.39, 0.29) is 5.92 Å². The predicted octanol–water partition coefficient (Wildman–Crippen LogP) is 15.0. The molecule has 0 spiro atoms. The fourth-order valence-corrected chi connectivity index (χ4v) is 8.10. The lowest BCUT2D eigenvalue weighted by Gasteiger charge is -2.22. The minimum absolute atomic E-state index is 0.247. The summed E-state index contributed by atoms with van der Waals surface area (Å²) in [6.45, 7) is 13.8. The molecule has 0 aliphatic heterocycles. The van der Waals surface area contributed by atoms with Crippen molar-refractivity contribution in [3.8, 4) is 11.3 Å². The molecule has 0 radical (unpaired) electrons. The van der Waals surface area contributed by atoms with Gasteiger partial charge < -0.3 is 0 Å². The van der Waals surface area contributed by atoms with Crippen molar-refractivity contribution in [1.82, 2.24) is 9.97 Å². The summed E-state index contributed by atoms with van der Waals surface area (Å²) in [7, 11) is 0. The SMILES string of the molecule is C=C(/C=C(\CCCC)c1nc(-c2ccccc2)c2ccc3ccccc3c2n1)c1cccc(C(/N=C(\C(=C)C2C=CCCC2)c2ccccc2)=C(/C)c2ccccc2)c1. The Labute approximate surface area is 349 Å².